The first-order chi connectivity index (χ1) is 13.2. The molecule has 0 aliphatic carbocycles. The van der Waals surface area contributed by atoms with Crippen LogP contribution in [0.3, 0.4) is 0 Å². The van der Waals surface area contributed by atoms with Crippen molar-refractivity contribution >= 4 is 11.6 Å². The zero-order valence-electron chi connectivity index (χ0n) is 16.2. The fourth-order valence-corrected chi connectivity index (χ4v) is 4.17. The Hall–Kier alpha value is -2.34. The average Bonchev–Trinajstić information content (AvgIpc) is 3.19. The lowest BCUT2D eigenvalue weighted by molar-refractivity contribution is -0.119. The average molecular weight is 367 g/mol. The molecule has 0 fully saturated rings. The van der Waals surface area contributed by atoms with Gasteiger partial charge >= 0.3 is 0 Å². The second-order valence-electron chi connectivity index (χ2n) is 7.56. The van der Waals surface area contributed by atoms with E-state index in [1.54, 1.807) is 0 Å². The molecule has 1 aromatic heterocycles. The van der Waals surface area contributed by atoms with E-state index >= 15 is 0 Å². The van der Waals surface area contributed by atoms with Crippen molar-refractivity contribution in [3.05, 3.63) is 47.3 Å². The van der Waals surface area contributed by atoms with Gasteiger partial charge in [0.25, 0.3) is 0 Å². The van der Waals surface area contributed by atoms with Gasteiger partial charge < -0.3 is 10.2 Å². The number of nitrogens with one attached hydrogen (secondary N) is 1. The van der Waals surface area contributed by atoms with Gasteiger partial charge in [0.1, 0.15) is 0 Å². The van der Waals surface area contributed by atoms with Crippen molar-refractivity contribution in [1.82, 2.24) is 20.0 Å². The number of hydrogen-bond donors (Lipinski definition) is 1. The third kappa shape index (κ3) is 4.16. The summed E-state index contributed by atoms with van der Waals surface area (Å²) in [5, 5.41) is 7.75. The molecule has 0 bridgehead atoms. The van der Waals surface area contributed by atoms with Gasteiger partial charge in [-0.3, -0.25) is 14.4 Å². The Bertz CT molecular complexity index is 800. The van der Waals surface area contributed by atoms with Gasteiger partial charge in [0.15, 0.2) is 0 Å². The molecular weight excluding hydrogens is 338 g/mol. The van der Waals surface area contributed by atoms with E-state index in [0.717, 1.165) is 51.3 Å². The van der Waals surface area contributed by atoms with Gasteiger partial charge in [-0.2, -0.15) is 5.10 Å². The Morgan fingerprint density at radius 1 is 1.22 bits per heavy atom. The second kappa shape index (κ2) is 8.13. The van der Waals surface area contributed by atoms with Gasteiger partial charge in [0, 0.05) is 31.9 Å². The van der Waals surface area contributed by atoms with Crippen LogP contribution < -0.4 is 10.2 Å². The molecule has 0 radical (unpaired) electrons. The molecule has 0 spiro atoms. The molecule has 144 valence electrons. The Balaban J connectivity index is 1.32. The fraction of sp³-hybridized carbons (Fsp3) is 0.524. The van der Waals surface area contributed by atoms with Crippen molar-refractivity contribution in [3.63, 3.8) is 0 Å². The molecule has 2 aliphatic heterocycles. The molecule has 6 nitrogen and oxygen atoms in total. The molecule has 1 N–H and O–H groups in total. The van der Waals surface area contributed by atoms with Crippen molar-refractivity contribution < 1.29 is 4.79 Å². The van der Waals surface area contributed by atoms with Gasteiger partial charge in [-0.15, -0.1) is 0 Å². The van der Waals surface area contributed by atoms with E-state index in [9.17, 15) is 4.79 Å². The predicted octanol–water partition coefficient (Wildman–Crippen LogP) is 2.18. The van der Waals surface area contributed by atoms with Crippen molar-refractivity contribution in [2.24, 2.45) is 0 Å². The van der Waals surface area contributed by atoms with Gasteiger partial charge in [0.05, 0.1) is 24.5 Å². The van der Waals surface area contributed by atoms with Crippen molar-refractivity contribution in [2.45, 2.75) is 45.8 Å². The van der Waals surface area contributed by atoms with Crippen LogP contribution in [0.2, 0.25) is 0 Å². The number of benzene rings is 1. The summed E-state index contributed by atoms with van der Waals surface area (Å²) in [6, 6.07) is 10.5. The van der Waals surface area contributed by atoms with Crippen LogP contribution >= 0.6 is 0 Å². The van der Waals surface area contributed by atoms with Crippen LogP contribution in [0, 0.1) is 0 Å². The number of aryl methyl sites for hydroxylation is 1. The first kappa shape index (κ1) is 18.0. The summed E-state index contributed by atoms with van der Waals surface area (Å²) in [4.78, 5) is 17.1. The van der Waals surface area contributed by atoms with Crippen molar-refractivity contribution in [2.75, 3.05) is 31.1 Å². The maximum Gasteiger partial charge on any atom is 0.239 e. The van der Waals surface area contributed by atoms with Crippen LogP contribution in [-0.2, 0) is 30.8 Å². The van der Waals surface area contributed by atoms with E-state index in [0.29, 0.717) is 13.1 Å². The first-order valence-electron chi connectivity index (χ1n) is 10.1. The van der Waals surface area contributed by atoms with Crippen LogP contribution in [0.1, 0.15) is 36.7 Å². The smallest absolute Gasteiger partial charge is 0.239 e. The molecule has 6 heteroatoms. The highest BCUT2D eigenvalue weighted by molar-refractivity contribution is 5.82. The quantitative estimate of drug-likeness (QED) is 0.850. The summed E-state index contributed by atoms with van der Waals surface area (Å²) in [7, 11) is 0. The molecule has 0 saturated carbocycles. The van der Waals surface area contributed by atoms with Crippen molar-refractivity contribution in [3.8, 4) is 0 Å². The number of carbonyl (C=O) groups is 1. The van der Waals surface area contributed by atoms with Gasteiger partial charge in [-0.25, -0.2) is 0 Å². The van der Waals surface area contributed by atoms with E-state index < -0.39 is 0 Å². The number of amides is 1. The number of aromatic nitrogens is 2. The number of rotatable bonds is 6. The third-order valence-electron chi connectivity index (χ3n) is 5.47. The lowest BCUT2D eigenvalue weighted by Crippen LogP contribution is -2.36. The van der Waals surface area contributed by atoms with Gasteiger partial charge in [-0.1, -0.05) is 25.1 Å². The van der Waals surface area contributed by atoms with E-state index in [1.165, 1.54) is 23.4 Å². The predicted molar refractivity (Wildman–Crippen MR) is 107 cm³/mol. The molecule has 2 aromatic rings. The van der Waals surface area contributed by atoms with Gasteiger partial charge in [0.2, 0.25) is 5.91 Å². The number of anilines is 1. The molecule has 0 saturated heterocycles. The van der Waals surface area contributed by atoms with Crippen molar-refractivity contribution in [1.29, 1.82) is 0 Å². The highest BCUT2D eigenvalue weighted by Gasteiger charge is 2.21. The highest BCUT2D eigenvalue weighted by Crippen LogP contribution is 2.26. The highest BCUT2D eigenvalue weighted by atomic mass is 16.2. The number of para-hydroxylation sites is 1. The minimum absolute atomic E-state index is 0.0579. The zero-order valence-corrected chi connectivity index (χ0v) is 16.2. The number of carbonyl (C=O) groups excluding carboxylic acids is 1. The second-order valence-corrected chi connectivity index (χ2v) is 7.56. The number of nitrogens with zero attached hydrogens (tertiary/aromatic N) is 4. The molecule has 0 atom stereocenters. The molecule has 27 heavy (non-hydrogen) atoms. The van der Waals surface area contributed by atoms with E-state index in [4.69, 9.17) is 5.10 Å². The lowest BCUT2D eigenvalue weighted by Gasteiger charge is -2.18. The third-order valence-corrected chi connectivity index (χ3v) is 5.47. The summed E-state index contributed by atoms with van der Waals surface area (Å²) in [6.07, 6.45) is 3.33. The van der Waals surface area contributed by atoms with E-state index in [2.05, 4.69) is 51.0 Å². The van der Waals surface area contributed by atoms with E-state index in [-0.39, 0.29) is 5.91 Å². The first-order valence-corrected chi connectivity index (χ1v) is 10.1. The standard InChI is InChI=1S/C21H29N5O/c1-2-9-24-10-5-11-26-19(15-24)13-18(23-26)14-22-21(27)16-25-12-8-17-6-3-4-7-20(17)25/h3-4,6-7,13H,2,5,8-12,14-16H2,1H3,(H,22,27). The summed E-state index contributed by atoms with van der Waals surface area (Å²) in [6.45, 7) is 8.25. The van der Waals surface area contributed by atoms with Crippen LogP contribution in [0.15, 0.2) is 30.3 Å². The molecule has 1 aromatic carbocycles. The Kier molecular flexibility index (Phi) is 5.43. The molecule has 4 rings (SSSR count). The Labute approximate surface area is 161 Å². The van der Waals surface area contributed by atoms with Crippen LogP contribution in [0.25, 0.3) is 0 Å². The summed E-state index contributed by atoms with van der Waals surface area (Å²) in [5.74, 6) is 0.0579. The molecule has 0 unspecified atom stereocenters. The summed E-state index contributed by atoms with van der Waals surface area (Å²) < 4.78 is 2.12. The normalized spacial score (nSPS) is 16.7. The molecule has 3 heterocycles. The number of fused-ring (bicyclic) bond motifs is 2. The van der Waals surface area contributed by atoms with E-state index in [1.807, 2.05) is 6.07 Å². The number of hydrogen-bond acceptors (Lipinski definition) is 4. The maximum atomic E-state index is 12.4. The van der Waals surface area contributed by atoms with Crippen LogP contribution in [-0.4, -0.2) is 46.8 Å². The minimum atomic E-state index is 0.0579. The molecule has 2 aliphatic rings. The largest absolute Gasteiger partial charge is 0.362 e. The SMILES string of the molecule is CCCN1CCCn2nc(CNC(=O)CN3CCc4ccccc43)cc2C1. The minimum Gasteiger partial charge on any atom is -0.362 e. The fourth-order valence-electron chi connectivity index (χ4n) is 4.17. The topological polar surface area (TPSA) is 53.4 Å². The monoisotopic (exact) mass is 367 g/mol. The summed E-state index contributed by atoms with van der Waals surface area (Å²) >= 11 is 0. The summed E-state index contributed by atoms with van der Waals surface area (Å²) in [5.41, 5.74) is 4.74. The Morgan fingerprint density at radius 2 is 2.11 bits per heavy atom. The van der Waals surface area contributed by atoms with Crippen LogP contribution in [0.5, 0.6) is 0 Å². The lowest BCUT2D eigenvalue weighted by atomic mass is 10.2. The zero-order chi connectivity index (χ0) is 18.6. The Morgan fingerprint density at radius 3 is 3.00 bits per heavy atom. The molecular formula is C21H29N5O. The maximum absolute atomic E-state index is 12.4. The molecule has 1 amide bonds. The van der Waals surface area contributed by atoms with Gasteiger partial charge in [-0.05, 0) is 43.5 Å². The van der Waals surface area contributed by atoms with Crippen LogP contribution in [0.4, 0.5) is 5.69 Å².